The Hall–Kier alpha value is -1.39. The van der Waals surface area contributed by atoms with E-state index in [1.165, 1.54) is 12.0 Å². The number of fused-ring (bicyclic) bond motifs is 1. The Balaban J connectivity index is 1.45. The molecule has 0 aliphatic carbocycles. The van der Waals surface area contributed by atoms with Crippen LogP contribution in [-0.4, -0.2) is 60.1 Å². The number of ether oxygens (including phenoxy) is 1. The van der Waals surface area contributed by atoms with Crippen LogP contribution < -0.4 is 0 Å². The second kappa shape index (κ2) is 6.62. The average Bonchev–Trinajstić information content (AvgIpc) is 3.17. The third-order valence-corrected chi connectivity index (χ3v) is 5.64. The van der Waals surface area contributed by atoms with Crippen molar-refractivity contribution in [1.29, 1.82) is 0 Å². The van der Waals surface area contributed by atoms with Crippen molar-refractivity contribution in [3.05, 3.63) is 35.9 Å². The summed E-state index contributed by atoms with van der Waals surface area (Å²) in [6, 6.07) is 11.4. The van der Waals surface area contributed by atoms with E-state index >= 15 is 0 Å². The van der Waals surface area contributed by atoms with Gasteiger partial charge >= 0.3 is 0 Å². The molecule has 0 unspecified atom stereocenters. The molecule has 0 radical (unpaired) electrons. The Morgan fingerprint density at radius 1 is 1.13 bits per heavy atom. The van der Waals surface area contributed by atoms with Crippen molar-refractivity contribution in [1.82, 2.24) is 9.80 Å². The van der Waals surface area contributed by atoms with Crippen LogP contribution >= 0.6 is 0 Å². The van der Waals surface area contributed by atoms with Gasteiger partial charge in [-0.15, -0.1) is 0 Å². The van der Waals surface area contributed by atoms with Crippen LogP contribution in [0.4, 0.5) is 0 Å². The highest BCUT2D eigenvalue weighted by Crippen LogP contribution is 2.33. The minimum absolute atomic E-state index is 0.224. The lowest BCUT2D eigenvalue weighted by molar-refractivity contribution is -0.132. The number of rotatable bonds is 4. The van der Waals surface area contributed by atoms with Gasteiger partial charge in [-0.25, -0.2) is 0 Å². The monoisotopic (exact) mass is 314 g/mol. The quantitative estimate of drug-likeness (QED) is 0.853. The van der Waals surface area contributed by atoms with Crippen molar-refractivity contribution in [3.8, 4) is 0 Å². The predicted octanol–water partition coefficient (Wildman–Crippen LogP) is 2.08. The molecule has 124 valence electrons. The van der Waals surface area contributed by atoms with Gasteiger partial charge in [0, 0.05) is 38.7 Å². The molecule has 1 aromatic rings. The zero-order valence-corrected chi connectivity index (χ0v) is 13.7. The molecule has 4 nitrogen and oxygen atoms in total. The lowest BCUT2D eigenvalue weighted by atomic mass is 10.00. The Morgan fingerprint density at radius 2 is 2.00 bits per heavy atom. The highest BCUT2D eigenvalue weighted by atomic mass is 16.5. The van der Waals surface area contributed by atoms with Crippen LogP contribution in [-0.2, 0) is 16.0 Å². The number of benzene rings is 1. The van der Waals surface area contributed by atoms with Crippen molar-refractivity contribution in [2.45, 2.75) is 50.3 Å². The molecular formula is C19H26N2O2. The first-order valence-corrected chi connectivity index (χ1v) is 9.02. The van der Waals surface area contributed by atoms with E-state index in [4.69, 9.17) is 4.74 Å². The summed E-state index contributed by atoms with van der Waals surface area (Å²) in [6.07, 6.45) is 5.38. The molecule has 3 aliphatic heterocycles. The molecule has 0 spiro atoms. The maximum atomic E-state index is 12.2. The largest absolute Gasteiger partial charge is 0.374 e. The molecule has 3 aliphatic rings. The summed E-state index contributed by atoms with van der Waals surface area (Å²) < 4.78 is 6.12. The van der Waals surface area contributed by atoms with Crippen molar-refractivity contribution >= 4 is 5.91 Å². The summed E-state index contributed by atoms with van der Waals surface area (Å²) in [4.78, 5) is 16.9. The van der Waals surface area contributed by atoms with E-state index in [1.54, 1.807) is 0 Å². The second-order valence-corrected chi connectivity index (χ2v) is 7.03. The maximum Gasteiger partial charge on any atom is 0.223 e. The van der Waals surface area contributed by atoms with Crippen molar-refractivity contribution in [2.24, 2.45) is 0 Å². The molecule has 0 bridgehead atoms. The Morgan fingerprint density at radius 3 is 2.78 bits per heavy atom. The molecular weight excluding hydrogens is 288 g/mol. The highest BCUT2D eigenvalue weighted by Gasteiger charge is 2.47. The average molecular weight is 314 g/mol. The van der Waals surface area contributed by atoms with Crippen molar-refractivity contribution in [2.75, 3.05) is 26.2 Å². The fraction of sp³-hybridized carbons (Fsp3) is 0.632. The van der Waals surface area contributed by atoms with Gasteiger partial charge in [0.15, 0.2) is 0 Å². The van der Waals surface area contributed by atoms with Crippen molar-refractivity contribution < 1.29 is 9.53 Å². The van der Waals surface area contributed by atoms with Crippen LogP contribution in [0.5, 0.6) is 0 Å². The third kappa shape index (κ3) is 3.02. The van der Waals surface area contributed by atoms with E-state index in [1.807, 2.05) is 0 Å². The van der Waals surface area contributed by atoms with Gasteiger partial charge in [0.1, 0.15) is 0 Å². The zero-order chi connectivity index (χ0) is 15.6. The molecule has 0 aromatic heterocycles. The number of amides is 1. The zero-order valence-electron chi connectivity index (χ0n) is 13.7. The van der Waals surface area contributed by atoms with Crippen LogP contribution in [0.3, 0.4) is 0 Å². The topological polar surface area (TPSA) is 32.8 Å². The fourth-order valence-corrected chi connectivity index (χ4v) is 4.49. The van der Waals surface area contributed by atoms with E-state index in [0.717, 1.165) is 51.9 Å². The lowest BCUT2D eigenvalue weighted by Gasteiger charge is -2.34. The van der Waals surface area contributed by atoms with Crippen LogP contribution in [0.1, 0.15) is 31.2 Å². The summed E-state index contributed by atoms with van der Waals surface area (Å²) in [5.41, 5.74) is 1.39. The summed E-state index contributed by atoms with van der Waals surface area (Å²) in [5.74, 6) is 0.327. The smallest absolute Gasteiger partial charge is 0.223 e. The molecule has 3 fully saturated rings. The van der Waals surface area contributed by atoms with Crippen LogP contribution in [0.15, 0.2) is 30.3 Å². The molecule has 3 heterocycles. The number of carbonyl (C=O) groups is 1. The van der Waals surface area contributed by atoms with Gasteiger partial charge in [0.2, 0.25) is 5.91 Å². The summed E-state index contributed by atoms with van der Waals surface area (Å²) in [6.45, 7) is 3.82. The van der Waals surface area contributed by atoms with Gasteiger partial charge in [0.25, 0.3) is 0 Å². The molecule has 23 heavy (non-hydrogen) atoms. The van der Waals surface area contributed by atoms with Gasteiger partial charge in [-0.05, 0) is 31.2 Å². The lowest BCUT2D eigenvalue weighted by Crippen LogP contribution is -2.48. The number of hydrogen-bond donors (Lipinski definition) is 0. The first-order chi connectivity index (χ1) is 11.3. The molecule has 3 atom stereocenters. The van der Waals surface area contributed by atoms with E-state index in [-0.39, 0.29) is 12.1 Å². The van der Waals surface area contributed by atoms with Gasteiger partial charge in [0.05, 0.1) is 12.1 Å². The van der Waals surface area contributed by atoms with Gasteiger partial charge in [-0.1, -0.05) is 30.3 Å². The Bertz CT molecular complexity index is 548. The van der Waals surface area contributed by atoms with E-state index in [9.17, 15) is 4.79 Å². The van der Waals surface area contributed by atoms with Gasteiger partial charge in [-0.2, -0.15) is 0 Å². The Labute approximate surface area is 138 Å². The second-order valence-electron chi connectivity index (χ2n) is 7.03. The molecule has 1 amide bonds. The minimum atomic E-state index is 0.224. The van der Waals surface area contributed by atoms with Gasteiger partial charge < -0.3 is 9.64 Å². The van der Waals surface area contributed by atoms with Crippen molar-refractivity contribution in [3.63, 3.8) is 0 Å². The fourth-order valence-electron chi connectivity index (χ4n) is 4.49. The van der Waals surface area contributed by atoms with E-state index < -0.39 is 0 Å². The molecule has 1 aromatic carbocycles. The van der Waals surface area contributed by atoms with Crippen LogP contribution in [0.25, 0.3) is 0 Å². The number of likely N-dealkylation sites (tertiary alicyclic amines) is 2. The maximum absolute atomic E-state index is 12.2. The predicted molar refractivity (Wildman–Crippen MR) is 89.2 cm³/mol. The Kier molecular flexibility index (Phi) is 4.36. The third-order valence-electron chi connectivity index (χ3n) is 5.64. The van der Waals surface area contributed by atoms with Crippen LogP contribution in [0.2, 0.25) is 0 Å². The van der Waals surface area contributed by atoms with Crippen LogP contribution in [0, 0.1) is 0 Å². The van der Waals surface area contributed by atoms with E-state index in [2.05, 4.69) is 40.1 Å². The SMILES string of the molecule is O=C1CCCN1[C@@H]1CN(CCc2ccccc2)[C@@H]2CCCO[C@@H]21. The molecule has 4 heteroatoms. The molecule has 0 saturated carbocycles. The van der Waals surface area contributed by atoms with E-state index in [0.29, 0.717) is 11.9 Å². The first-order valence-electron chi connectivity index (χ1n) is 9.02. The molecule has 3 saturated heterocycles. The summed E-state index contributed by atoms with van der Waals surface area (Å²) in [5, 5.41) is 0. The van der Waals surface area contributed by atoms with Gasteiger partial charge in [-0.3, -0.25) is 9.69 Å². The number of hydrogen-bond acceptors (Lipinski definition) is 3. The highest BCUT2D eigenvalue weighted by molar-refractivity contribution is 5.78. The summed E-state index contributed by atoms with van der Waals surface area (Å²) in [7, 11) is 0. The standard InChI is InChI=1S/C19H26N2O2/c22-18-9-4-11-21(18)17-14-20(16-8-5-13-23-19(16)17)12-10-15-6-2-1-3-7-15/h1-3,6-7,16-17,19H,4-5,8-14H2/t16-,17-,19+/m1/s1. The first kappa shape index (κ1) is 15.2. The normalized spacial score (nSPS) is 31.6. The molecule has 4 rings (SSSR count). The summed E-state index contributed by atoms with van der Waals surface area (Å²) >= 11 is 0. The number of nitrogens with zero attached hydrogens (tertiary/aromatic N) is 2. The minimum Gasteiger partial charge on any atom is -0.374 e. The number of carbonyl (C=O) groups excluding carboxylic acids is 1. The molecule has 0 N–H and O–H groups in total.